The van der Waals surface area contributed by atoms with E-state index < -0.39 is 18.2 Å². The van der Waals surface area contributed by atoms with E-state index in [1.165, 1.54) is 5.56 Å². The van der Waals surface area contributed by atoms with E-state index in [0.717, 1.165) is 24.1 Å². The van der Waals surface area contributed by atoms with Crippen LogP contribution < -0.4 is 21.3 Å². The summed E-state index contributed by atoms with van der Waals surface area (Å²) in [5, 5.41) is 12.9. The highest BCUT2D eigenvalue weighted by Crippen LogP contribution is 2.51. The molecule has 45 heavy (non-hydrogen) atoms. The van der Waals surface area contributed by atoms with Gasteiger partial charge >= 0.3 is 18.2 Å². The van der Waals surface area contributed by atoms with Crippen molar-refractivity contribution in [2.24, 2.45) is 5.73 Å². The minimum Gasteiger partial charge on any atom is -0.475 e. The Bertz CT molecular complexity index is 1480. The molecule has 240 valence electrons. The van der Waals surface area contributed by atoms with Crippen molar-refractivity contribution in [3.8, 4) is 0 Å². The van der Waals surface area contributed by atoms with Gasteiger partial charge in [-0.3, -0.25) is 10.1 Å². The zero-order valence-electron chi connectivity index (χ0n) is 24.6. The molecule has 0 aromatic heterocycles. The van der Waals surface area contributed by atoms with E-state index in [-0.39, 0.29) is 18.1 Å². The van der Waals surface area contributed by atoms with Crippen LogP contribution in [-0.4, -0.2) is 61.1 Å². The average molecular weight is 629 g/mol. The van der Waals surface area contributed by atoms with Gasteiger partial charge < -0.3 is 30.5 Å². The first-order chi connectivity index (χ1) is 21.4. The van der Waals surface area contributed by atoms with Crippen molar-refractivity contribution in [2.45, 2.75) is 44.0 Å². The second-order valence-electron chi connectivity index (χ2n) is 10.7. The lowest BCUT2D eigenvalue weighted by Crippen LogP contribution is -2.37. The summed E-state index contributed by atoms with van der Waals surface area (Å²) in [5.74, 6) is -2.65. The summed E-state index contributed by atoms with van der Waals surface area (Å²) in [7, 11) is 0. The summed E-state index contributed by atoms with van der Waals surface area (Å²) in [6.45, 7) is 4.84. The topological polar surface area (TPSA) is 143 Å². The number of alkyl halides is 3. The van der Waals surface area contributed by atoms with Gasteiger partial charge in [0.2, 0.25) is 0 Å². The Hall–Kier alpha value is -4.62. The largest absolute Gasteiger partial charge is 0.490 e. The molecule has 10 nitrogen and oxygen atoms in total. The Morgan fingerprint density at radius 3 is 2.24 bits per heavy atom. The number of carboxylic acid groups (broad SMARTS) is 1. The maximum absolute atomic E-state index is 13.1. The summed E-state index contributed by atoms with van der Waals surface area (Å²) < 4.78 is 42.6. The van der Waals surface area contributed by atoms with E-state index in [9.17, 15) is 22.8 Å². The highest BCUT2D eigenvalue weighted by molar-refractivity contribution is 6.06. The third-order valence-electron chi connectivity index (χ3n) is 7.65. The highest BCUT2D eigenvalue weighted by atomic mass is 19.4. The number of carbonyl (C=O) groups excluding carboxylic acids is 2. The smallest absolute Gasteiger partial charge is 0.475 e. The summed E-state index contributed by atoms with van der Waals surface area (Å²) in [4.78, 5) is 36.8. The van der Waals surface area contributed by atoms with Gasteiger partial charge in [0.1, 0.15) is 6.61 Å². The number of rotatable bonds is 8. The number of hydrogen-bond donors (Lipinski definition) is 4. The number of morpholine rings is 1. The van der Waals surface area contributed by atoms with Crippen molar-refractivity contribution in [1.29, 1.82) is 0 Å². The zero-order valence-corrected chi connectivity index (χ0v) is 24.6. The lowest BCUT2D eigenvalue weighted by molar-refractivity contribution is -0.192. The molecule has 0 spiro atoms. The zero-order chi connectivity index (χ0) is 32.6. The maximum Gasteiger partial charge on any atom is 0.490 e. The third-order valence-corrected chi connectivity index (χ3v) is 7.65. The number of nitrogens with one attached hydrogen (secondary N) is 2. The van der Waals surface area contributed by atoms with Gasteiger partial charge in [-0.05, 0) is 54.3 Å². The number of ether oxygens (including phenoxy) is 2. The molecular formula is C32H35F3N4O6. The third kappa shape index (κ3) is 9.19. The number of anilines is 3. The fourth-order valence-corrected chi connectivity index (χ4v) is 4.89. The number of amides is 2. The molecule has 1 saturated carbocycles. The van der Waals surface area contributed by atoms with Crippen molar-refractivity contribution in [3.63, 3.8) is 0 Å². The van der Waals surface area contributed by atoms with E-state index in [4.69, 9.17) is 25.1 Å². The van der Waals surface area contributed by atoms with Gasteiger partial charge in [-0.2, -0.15) is 13.2 Å². The molecule has 3 aromatic rings. The van der Waals surface area contributed by atoms with Crippen LogP contribution in [0.4, 0.5) is 35.0 Å². The Morgan fingerprint density at radius 1 is 1.02 bits per heavy atom. The Morgan fingerprint density at radius 2 is 1.67 bits per heavy atom. The molecular weight excluding hydrogens is 593 g/mol. The molecule has 2 fully saturated rings. The van der Waals surface area contributed by atoms with Crippen LogP contribution in [0.15, 0.2) is 72.8 Å². The van der Waals surface area contributed by atoms with Gasteiger partial charge in [0.05, 0.1) is 24.6 Å². The van der Waals surface area contributed by atoms with E-state index in [0.29, 0.717) is 49.2 Å². The minimum absolute atomic E-state index is 0.0986. The van der Waals surface area contributed by atoms with E-state index >= 15 is 0 Å². The van der Waals surface area contributed by atoms with Gasteiger partial charge in [0, 0.05) is 35.8 Å². The van der Waals surface area contributed by atoms with Gasteiger partial charge in [-0.25, -0.2) is 9.59 Å². The van der Waals surface area contributed by atoms with Crippen LogP contribution in [0.1, 0.15) is 47.2 Å². The molecule has 1 aliphatic heterocycles. The normalized spacial score (nSPS) is 19.0. The fraction of sp³-hybridized carbons (Fsp3) is 0.344. The van der Waals surface area contributed by atoms with Crippen LogP contribution in [0.2, 0.25) is 0 Å². The average Bonchev–Trinajstić information content (AvgIpc) is 3.72. The molecule has 0 bridgehead atoms. The Kier molecular flexibility index (Phi) is 10.7. The lowest BCUT2D eigenvalue weighted by Gasteiger charge is -2.30. The van der Waals surface area contributed by atoms with Crippen LogP contribution in [0.5, 0.6) is 0 Å². The molecule has 1 saturated heterocycles. The monoisotopic (exact) mass is 628 g/mol. The fourth-order valence-electron chi connectivity index (χ4n) is 4.89. The second kappa shape index (κ2) is 14.4. The van der Waals surface area contributed by atoms with Gasteiger partial charge in [0.15, 0.2) is 0 Å². The number of hydrogen-bond acceptors (Lipinski definition) is 7. The van der Waals surface area contributed by atoms with Gasteiger partial charge in [-0.15, -0.1) is 0 Å². The van der Waals surface area contributed by atoms with Crippen molar-refractivity contribution >= 4 is 35.0 Å². The Balaban J connectivity index is 0.000000591. The summed E-state index contributed by atoms with van der Waals surface area (Å²) in [6, 6.07) is 22.7. The molecule has 2 aliphatic rings. The number of aliphatic carboxylic acids is 1. The predicted octanol–water partition coefficient (Wildman–Crippen LogP) is 5.75. The van der Waals surface area contributed by atoms with Gasteiger partial charge in [0.25, 0.3) is 5.91 Å². The SMILES string of the molecule is CC[C@]1(N)C[C@H]1c1ccc(NC(=O)c2ccc(N3CCOCC3)c(NC(=O)OCc3ccccc3)c2)cc1.O=C(O)C(F)(F)F. The van der Waals surface area contributed by atoms with Crippen molar-refractivity contribution < 1.29 is 42.1 Å². The van der Waals surface area contributed by atoms with Crippen molar-refractivity contribution in [2.75, 3.05) is 41.8 Å². The second-order valence-corrected chi connectivity index (χ2v) is 10.7. The van der Waals surface area contributed by atoms with Gasteiger partial charge in [-0.1, -0.05) is 49.4 Å². The first-order valence-corrected chi connectivity index (χ1v) is 14.3. The summed E-state index contributed by atoms with van der Waals surface area (Å²) >= 11 is 0. The molecule has 3 aromatic carbocycles. The predicted molar refractivity (Wildman–Crippen MR) is 162 cm³/mol. The van der Waals surface area contributed by atoms with Crippen molar-refractivity contribution in [3.05, 3.63) is 89.5 Å². The molecule has 0 radical (unpaired) electrons. The van der Waals surface area contributed by atoms with Crippen LogP contribution in [0.25, 0.3) is 0 Å². The molecule has 2 atom stereocenters. The lowest BCUT2D eigenvalue weighted by atomic mass is 10.0. The van der Waals surface area contributed by atoms with E-state index in [2.05, 4.69) is 22.5 Å². The molecule has 5 rings (SSSR count). The standard InChI is InChI=1S/C30H34N4O4.C2HF3O2/c1-2-30(31)19-25(30)22-8-11-24(12-9-22)32-28(35)23-10-13-27(34-14-16-37-17-15-34)26(18-23)33-29(36)38-20-21-6-4-3-5-7-21;3-2(4,5)1(6)7/h3-13,18,25H,2,14-17,19-20,31H2,1H3,(H,32,35)(H,33,36);(H,6,7)/t25-,30-;/m0./s1. The number of nitrogens with zero attached hydrogens (tertiary/aromatic N) is 1. The number of nitrogens with two attached hydrogens (primary N) is 1. The quantitative estimate of drug-likeness (QED) is 0.247. The molecule has 5 N–H and O–H groups in total. The van der Waals surface area contributed by atoms with Crippen LogP contribution in [0, 0.1) is 0 Å². The number of carboxylic acids is 1. The molecule has 1 aliphatic carbocycles. The number of carbonyl (C=O) groups is 3. The van der Waals surface area contributed by atoms with Crippen LogP contribution >= 0.6 is 0 Å². The maximum atomic E-state index is 13.1. The Labute approximate surface area is 258 Å². The van der Waals surface area contributed by atoms with E-state index in [1.807, 2.05) is 60.7 Å². The summed E-state index contributed by atoms with van der Waals surface area (Å²) in [5.41, 5.74) is 10.8. The van der Waals surface area contributed by atoms with Crippen molar-refractivity contribution in [1.82, 2.24) is 0 Å². The number of halogens is 3. The van der Waals surface area contributed by atoms with E-state index in [1.54, 1.807) is 12.1 Å². The molecule has 2 amide bonds. The van der Waals surface area contributed by atoms with Crippen LogP contribution in [-0.2, 0) is 20.9 Å². The molecule has 13 heteroatoms. The first kappa shape index (κ1) is 33.3. The summed E-state index contributed by atoms with van der Waals surface area (Å²) in [6.07, 6.45) is -3.72. The number of benzene rings is 3. The molecule has 0 unspecified atom stereocenters. The minimum atomic E-state index is -5.08. The molecule has 1 heterocycles. The first-order valence-electron chi connectivity index (χ1n) is 14.3. The highest BCUT2D eigenvalue weighted by Gasteiger charge is 2.49. The van der Waals surface area contributed by atoms with Crippen LogP contribution in [0.3, 0.4) is 0 Å².